The van der Waals surface area contributed by atoms with Crippen molar-refractivity contribution in [3.63, 3.8) is 0 Å². The van der Waals surface area contributed by atoms with Crippen molar-refractivity contribution in [1.29, 1.82) is 0 Å². The van der Waals surface area contributed by atoms with E-state index in [0.717, 1.165) is 11.4 Å². The fourth-order valence-corrected chi connectivity index (χ4v) is 2.01. The van der Waals surface area contributed by atoms with Crippen LogP contribution in [-0.4, -0.2) is 15.9 Å². The van der Waals surface area contributed by atoms with Gasteiger partial charge in [0, 0.05) is 17.9 Å². The summed E-state index contributed by atoms with van der Waals surface area (Å²) >= 11 is 0. The summed E-state index contributed by atoms with van der Waals surface area (Å²) in [6.07, 6.45) is 3.46. The molecule has 3 N–H and O–H groups in total. The molecule has 0 bridgehead atoms. The zero-order valence-corrected chi connectivity index (χ0v) is 13.2. The molecule has 0 fully saturated rings. The van der Waals surface area contributed by atoms with Gasteiger partial charge in [0.1, 0.15) is 5.82 Å². The van der Waals surface area contributed by atoms with Gasteiger partial charge in [0.2, 0.25) is 5.91 Å². The molecule has 5 nitrogen and oxygen atoms in total. The molecule has 2 aromatic rings. The van der Waals surface area contributed by atoms with Crippen molar-refractivity contribution in [1.82, 2.24) is 9.97 Å². The van der Waals surface area contributed by atoms with Gasteiger partial charge in [-0.25, -0.2) is 9.97 Å². The van der Waals surface area contributed by atoms with E-state index in [2.05, 4.69) is 15.3 Å². The monoisotopic (exact) mass is 298 g/mol. The summed E-state index contributed by atoms with van der Waals surface area (Å²) in [5, 5.41) is 2.78. The summed E-state index contributed by atoms with van der Waals surface area (Å²) in [6.45, 7) is 6.12. The molecule has 1 heterocycles. The normalized spacial score (nSPS) is 12.7. The van der Waals surface area contributed by atoms with E-state index in [-0.39, 0.29) is 23.8 Å². The molecule has 2 rings (SSSR count). The first kappa shape index (κ1) is 16.1. The van der Waals surface area contributed by atoms with Gasteiger partial charge < -0.3 is 11.1 Å². The maximum atomic E-state index is 12.0. The Kier molecular flexibility index (Phi) is 4.88. The SMILES string of the molecule is CC(C)(C)c1ncc(NC(=O)CC(N)c2ccccc2)cn1. The minimum Gasteiger partial charge on any atom is -0.324 e. The van der Waals surface area contributed by atoms with Gasteiger partial charge in [-0.05, 0) is 5.56 Å². The molecule has 0 aliphatic heterocycles. The van der Waals surface area contributed by atoms with Crippen LogP contribution in [-0.2, 0) is 10.2 Å². The molecule has 0 aliphatic carbocycles. The third-order valence-corrected chi connectivity index (χ3v) is 3.24. The topological polar surface area (TPSA) is 80.9 Å². The van der Waals surface area contributed by atoms with Gasteiger partial charge in [0.15, 0.2) is 0 Å². The lowest BCUT2D eigenvalue weighted by atomic mass is 9.96. The maximum absolute atomic E-state index is 12.0. The fraction of sp³-hybridized carbons (Fsp3) is 0.353. The van der Waals surface area contributed by atoms with Crippen LogP contribution in [0.25, 0.3) is 0 Å². The minimum atomic E-state index is -0.323. The molecule has 1 amide bonds. The summed E-state index contributed by atoms with van der Waals surface area (Å²) in [5.41, 5.74) is 7.45. The summed E-state index contributed by atoms with van der Waals surface area (Å²) in [4.78, 5) is 20.6. The van der Waals surface area contributed by atoms with Gasteiger partial charge in [-0.15, -0.1) is 0 Å². The first-order valence-electron chi connectivity index (χ1n) is 7.29. The van der Waals surface area contributed by atoms with Crippen LogP contribution >= 0.6 is 0 Å². The number of hydrogen-bond acceptors (Lipinski definition) is 4. The first-order valence-corrected chi connectivity index (χ1v) is 7.29. The number of aromatic nitrogens is 2. The Morgan fingerprint density at radius 2 is 1.77 bits per heavy atom. The van der Waals surface area contributed by atoms with Crippen molar-refractivity contribution in [2.75, 3.05) is 5.32 Å². The molecular formula is C17H22N4O. The van der Waals surface area contributed by atoms with Crippen LogP contribution < -0.4 is 11.1 Å². The van der Waals surface area contributed by atoms with Gasteiger partial charge in [0.05, 0.1) is 18.1 Å². The van der Waals surface area contributed by atoms with Crippen LogP contribution in [0.15, 0.2) is 42.7 Å². The number of rotatable bonds is 4. The summed E-state index contributed by atoms with van der Waals surface area (Å²) < 4.78 is 0. The highest BCUT2D eigenvalue weighted by Crippen LogP contribution is 2.19. The lowest BCUT2D eigenvalue weighted by Gasteiger charge is -2.16. The number of nitrogens with two attached hydrogens (primary N) is 1. The van der Waals surface area contributed by atoms with Gasteiger partial charge in [-0.1, -0.05) is 51.1 Å². The molecule has 0 spiro atoms. The Morgan fingerprint density at radius 1 is 1.18 bits per heavy atom. The lowest BCUT2D eigenvalue weighted by Crippen LogP contribution is -2.21. The zero-order chi connectivity index (χ0) is 16.2. The second-order valence-corrected chi connectivity index (χ2v) is 6.31. The molecule has 1 aromatic heterocycles. The smallest absolute Gasteiger partial charge is 0.226 e. The first-order chi connectivity index (χ1) is 10.4. The molecule has 22 heavy (non-hydrogen) atoms. The van der Waals surface area contributed by atoms with Crippen molar-refractivity contribution in [3.8, 4) is 0 Å². The molecule has 0 aliphatic rings. The van der Waals surface area contributed by atoms with Crippen LogP contribution in [0.5, 0.6) is 0 Å². The van der Waals surface area contributed by atoms with E-state index in [1.165, 1.54) is 0 Å². The van der Waals surface area contributed by atoms with Crippen molar-refractivity contribution in [3.05, 3.63) is 54.1 Å². The second kappa shape index (κ2) is 6.66. The molecule has 5 heteroatoms. The van der Waals surface area contributed by atoms with Crippen molar-refractivity contribution < 1.29 is 4.79 Å². The summed E-state index contributed by atoms with van der Waals surface area (Å²) in [5.74, 6) is 0.593. The van der Waals surface area contributed by atoms with E-state index in [4.69, 9.17) is 5.73 Å². The van der Waals surface area contributed by atoms with Gasteiger partial charge in [-0.3, -0.25) is 4.79 Å². The highest BCUT2D eigenvalue weighted by atomic mass is 16.1. The highest BCUT2D eigenvalue weighted by Gasteiger charge is 2.17. The third-order valence-electron chi connectivity index (χ3n) is 3.24. The molecular weight excluding hydrogens is 276 g/mol. The van der Waals surface area contributed by atoms with Crippen molar-refractivity contribution in [2.45, 2.75) is 38.6 Å². The predicted octanol–water partition coefficient (Wildman–Crippen LogP) is 2.80. The van der Waals surface area contributed by atoms with Gasteiger partial charge in [-0.2, -0.15) is 0 Å². The van der Waals surface area contributed by atoms with Gasteiger partial charge >= 0.3 is 0 Å². The van der Waals surface area contributed by atoms with Crippen LogP contribution in [0.2, 0.25) is 0 Å². The standard InChI is InChI=1S/C17H22N4O/c1-17(2,3)16-19-10-13(11-20-16)21-15(22)9-14(18)12-7-5-4-6-8-12/h4-8,10-11,14H,9,18H2,1-3H3,(H,21,22). The Hall–Kier alpha value is -2.27. The summed E-state index contributed by atoms with van der Waals surface area (Å²) in [6, 6.07) is 9.25. The largest absolute Gasteiger partial charge is 0.324 e. The average Bonchev–Trinajstić information content (AvgIpc) is 2.47. The van der Waals surface area contributed by atoms with Crippen LogP contribution in [0.3, 0.4) is 0 Å². The Labute approximate surface area is 131 Å². The Bertz CT molecular complexity index is 617. The number of amides is 1. The molecule has 1 aromatic carbocycles. The average molecular weight is 298 g/mol. The fourth-order valence-electron chi connectivity index (χ4n) is 2.01. The van der Waals surface area contributed by atoms with Gasteiger partial charge in [0.25, 0.3) is 0 Å². The quantitative estimate of drug-likeness (QED) is 0.909. The number of benzene rings is 1. The van der Waals surface area contributed by atoms with E-state index < -0.39 is 0 Å². The lowest BCUT2D eigenvalue weighted by molar-refractivity contribution is -0.116. The Morgan fingerprint density at radius 3 is 2.32 bits per heavy atom. The zero-order valence-electron chi connectivity index (χ0n) is 13.2. The maximum Gasteiger partial charge on any atom is 0.226 e. The molecule has 0 radical (unpaired) electrons. The Balaban J connectivity index is 1.95. The number of nitrogens with zero attached hydrogens (tertiary/aromatic N) is 2. The van der Waals surface area contributed by atoms with Crippen LogP contribution in [0.4, 0.5) is 5.69 Å². The second-order valence-electron chi connectivity index (χ2n) is 6.31. The van der Waals surface area contributed by atoms with Crippen molar-refractivity contribution >= 4 is 11.6 Å². The molecule has 0 saturated heterocycles. The van der Waals surface area contributed by atoms with Crippen molar-refractivity contribution in [2.24, 2.45) is 5.73 Å². The number of anilines is 1. The number of nitrogens with one attached hydrogen (secondary N) is 1. The molecule has 116 valence electrons. The van der Waals surface area contributed by atoms with E-state index in [9.17, 15) is 4.79 Å². The predicted molar refractivity (Wildman–Crippen MR) is 87.3 cm³/mol. The van der Waals surface area contributed by atoms with E-state index in [0.29, 0.717) is 5.69 Å². The molecule has 0 saturated carbocycles. The number of hydrogen-bond donors (Lipinski definition) is 2. The minimum absolute atomic E-state index is 0.113. The number of carbonyl (C=O) groups is 1. The molecule has 1 unspecified atom stereocenters. The highest BCUT2D eigenvalue weighted by molar-refractivity contribution is 5.90. The van der Waals surface area contributed by atoms with E-state index >= 15 is 0 Å². The van der Waals surface area contributed by atoms with E-state index in [1.807, 2.05) is 51.1 Å². The van der Waals surface area contributed by atoms with Crippen LogP contribution in [0.1, 0.15) is 44.6 Å². The number of carbonyl (C=O) groups excluding carboxylic acids is 1. The molecule has 1 atom stereocenters. The van der Waals surface area contributed by atoms with Crippen LogP contribution in [0, 0.1) is 0 Å². The van der Waals surface area contributed by atoms with E-state index in [1.54, 1.807) is 12.4 Å². The third kappa shape index (κ3) is 4.36. The summed E-state index contributed by atoms with van der Waals surface area (Å²) in [7, 11) is 0.